The second-order valence-corrected chi connectivity index (χ2v) is 5.85. The summed E-state index contributed by atoms with van der Waals surface area (Å²) in [7, 11) is 0. The van der Waals surface area contributed by atoms with E-state index in [9.17, 15) is 9.18 Å². The maximum atomic E-state index is 14.0. The Morgan fingerprint density at radius 3 is 2.65 bits per heavy atom. The van der Waals surface area contributed by atoms with Crippen molar-refractivity contribution in [3.8, 4) is 0 Å². The zero-order chi connectivity index (χ0) is 14.7. The van der Waals surface area contributed by atoms with Crippen molar-refractivity contribution in [1.29, 1.82) is 0 Å². The molecule has 0 atom stereocenters. The number of carbonyl (C=O) groups excluding carboxylic acids is 1. The molecule has 0 aliphatic heterocycles. The Balaban J connectivity index is 2.27. The summed E-state index contributed by atoms with van der Waals surface area (Å²) in [5.74, 6) is -0.803. The van der Waals surface area contributed by atoms with Crippen molar-refractivity contribution in [2.24, 2.45) is 5.73 Å². The van der Waals surface area contributed by atoms with Crippen LogP contribution in [0.4, 0.5) is 4.39 Å². The molecular formula is C15H19FN2OS. The molecular weight excluding hydrogens is 275 g/mol. The molecule has 0 saturated heterocycles. The van der Waals surface area contributed by atoms with Crippen LogP contribution in [0, 0.1) is 12.7 Å². The van der Waals surface area contributed by atoms with Crippen molar-refractivity contribution < 1.29 is 9.18 Å². The van der Waals surface area contributed by atoms with E-state index >= 15 is 0 Å². The van der Waals surface area contributed by atoms with E-state index in [0.29, 0.717) is 0 Å². The van der Waals surface area contributed by atoms with Crippen LogP contribution in [-0.2, 0) is 0 Å². The molecule has 3 nitrogen and oxygen atoms in total. The molecule has 1 aliphatic carbocycles. The molecule has 108 valence electrons. The lowest BCUT2D eigenvalue weighted by molar-refractivity contribution is 0.0710. The van der Waals surface area contributed by atoms with Gasteiger partial charge in [-0.25, -0.2) is 4.39 Å². The van der Waals surface area contributed by atoms with Gasteiger partial charge in [-0.3, -0.25) is 4.79 Å². The van der Waals surface area contributed by atoms with Gasteiger partial charge in [0.05, 0.1) is 17.1 Å². The Hall–Kier alpha value is -1.49. The summed E-state index contributed by atoms with van der Waals surface area (Å²) in [5, 5.41) is 0. The number of nitrogens with zero attached hydrogens (tertiary/aromatic N) is 1. The summed E-state index contributed by atoms with van der Waals surface area (Å²) in [6, 6.07) is 4.77. The molecule has 0 heterocycles. The number of rotatable bonds is 4. The Labute approximate surface area is 123 Å². The third-order valence-electron chi connectivity index (χ3n) is 3.71. The van der Waals surface area contributed by atoms with E-state index in [1.54, 1.807) is 17.9 Å². The van der Waals surface area contributed by atoms with E-state index in [0.717, 1.165) is 31.2 Å². The minimum absolute atomic E-state index is 0.0961. The zero-order valence-corrected chi connectivity index (χ0v) is 12.4. The first kappa shape index (κ1) is 14.9. The van der Waals surface area contributed by atoms with Gasteiger partial charge >= 0.3 is 0 Å². The van der Waals surface area contributed by atoms with Gasteiger partial charge in [0.2, 0.25) is 0 Å². The second kappa shape index (κ2) is 6.31. The second-order valence-electron chi connectivity index (χ2n) is 5.32. The van der Waals surface area contributed by atoms with Crippen molar-refractivity contribution in [2.45, 2.75) is 38.6 Å². The fourth-order valence-corrected chi connectivity index (χ4v) is 2.84. The molecule has 2 rings (SSSR count). The van der Waals surface area contributed by atoms with E-state index in [1.807, 2.05) is 0 Å². The van der Waals surface area contributed by atoms with Gasteiger partial charge in [-0.2, -0.15) is 0 Å². The molecule has 5 heteroatoms. The molecule has 0 unspecified atom stereocenters. The van der Waals surface area contributed by atoms with Crippen LogP contribution in [-0.4, -0.2) is 28.4 Å². The van der Waals surface area contributed by atoms with Crippen LogP contribution in [0.25, 0.3) is 0 Å². The number of amides is 1. The lowest BCUT2D eigenvalue weighted by atomic mass is 10.1. The van der Waals surface area contributed by atoms with Crippen LogP contribution >= 0.6 is 12.2 Å². The van der Waals surface area contributed by atoms with Gasteiger partial charge in [0.25, 0.3) is 5.91 Å². The van der Waals surface area contributed by atoms with Crippen molar-refractivity contribution in [3.63, 3.8) is 0 Å². The maximum Gasteiger partial charge on any atom is 0.257 e. The highest BCUT2D eigenvalue weighted by Gasteiger charge is 2.29. The molecule has 1 aromatic rings. The largest absolute Gasteiger partial charge is 0.392 e. The molecule has 1 saturated carbocycles. The van der Waals surface area contributed by atoms with Crippen molar-refractivity contribution in [2.75, 3.05) is 6.54 Å². The number of carbonyl (C=O) groups is 1. The van der Waals surface area contributed by atoms with Gasteiger partial charge in [0.1, 0.15) is 5.82 Å². The maximum absolute atomic E-state index is 14.0. The van der Waals surface area contributed by atoms with Crippen molar-refractivity contribution in [3.05, 3.63) is 35.1 Å². The van der Waals surface area contributed by atoms with E-state index < -0.39 is 5.82 Å². The van der Waals surface area contributed by atoms with Gasteiger partial charge in [-0.15, -0.1) is 0 Å². The quantitative estimate of drug-likeness (QED) is 0.869. The van der Waals surface area contributed by atoms with E-state index in [-0.39, 0.29) is 29.0 Å². The Kier molecular flexibility index (Phi) is 4.70. The molecule has 0 aromatic heterocycles. The fourth-order valence-electron chi connectivity index (χ4n) is 2.70. The summed E-state index contributed by atoms with van der Waals surface area (Å²) in [5.41, 5.74) is 6.47. The van der Waals surface area contributed by atoms with Crippen LogP contribution in [0.15, 0.2) is 18.2 Å². The number of nitrogens with two attached hydrogens (primary N) is 1. The van der Waals surface area contributed by atoms with Gasteiger partial charge in [0, 0.05) is 6.04 Å². The van der Waals surface area contributed by atoms with Crippen LogP contribution in [0.1, 0.15) is 41.6 Å². The Bertz CT molecular complexity index is 527. The van der Waals surface area contributed by atoms with Gasteiger partial charge in [-0.05, 0) is 37.5 Å². The normalized spacial score (nSPS) is 15.3. The van der Waals surface area contributed by atoms with Crippen LogP contribution < -0.4 is 5.73 Å². The van der Waals surface area contributed by atoms with Gasteiger partial charge in [-0.1, -0.05) is 31.1 Å². The number of thiocarbonyl (C=S) groups is 1. The average Bonchev–Trinajstić information content (AvgIpc) is 2.88. The SMILES string of the molecule is Cc1ccc(C(=O)N(CC(N)=S)C2CCCC2)c(F)c1. The third-order valence-corrected chi connectivity index (χ3v) is 3.84. The van der Waals surface area contributed by atoms with E-state index in [2.05, 4.69) is 0 Å². The van der Waals surface area contributed by atoms with E-state index in [4.69, 9.17) is 18.0 Å². The van der Waals surface area contributed by atoms with Crippen molar-refractivity contribution >= 4 is 23.1 Å². The minimum Gasteiger partial charge on any atom is -0.392 e. The number of benzene rings is 1. The Morgan fingerprint density at radius 1 is 1.45 bits per heavy atom. The molecule has 2 N–H and O–H groups in total. The third kappa shape index (κ3) is 3.33. The van der Waals surface area contributed by atoms with Gasteiger partial charge < -0.3 is 10.6 Å². The minimum atomic E-state index is -0.485. The number of hydrogen-bond acceptors (Lipinski definition) is 2. The van der Waals surface area contributed by atoms with Gasteiger partial charge in [0.15, 0.2) is 0 Å². The summed E-state index contributed by atoms with van der Waals surface area (Å²) >= 11 is 4.92. The number of halogens is 1. The molecule has 1 aromatic carbocycles. The van der Waals surface area contributed by atoms with Crippen molar-refractivity contribution in [1.82, 2.24) is 4.90 Å². The fraction of sp³-hybridized carbons (Fsp3) is 0.467. The van der Waals surface area contributed by atoms with Crippen LogP contribution in [0.3, 0.4) is 0 Å². The monoisotopic (exact) mass is 294 g/mol. The molecule has 1 fully saturated rings. The summed E-state index contributed by atoms with van der Waals surface area (Å²) in [6.07, 6.45) is 4.04. The lowest BCUT2D eigenvalue weighted by Gasteiger charge is -2.28. The standard InChI is InChI=1S/C15H19FN2OS/c1-10-6-7-12(13(16)8-10)15(19)18(9-14(17)20)11-4-2-3-5-11/h6-8,11H,2-5,9H2,1H3,(H2,17,20). The Morgan fingerprint density at radius 2 is 2.10 bits per heavy atom. The topological polar surface area (TPSA) is 46.3 Å². The average molecular weight is 294 g/mol. The summed E-state index contributed by atoms with van der Waals surface area (Å²) in [6.45, 7) is 2.01. The summed E-state index contributed by atoms with van der Waals surface area (Å²) < 4.78 is 14.0. The highest BCUT2D eigenvalue weighted by molar-refractivity contribution is 7.80. The molecule has 0 spiro atoms. The van der Waals surface area contributed by atoms with E-state index in [1.165, 1.54) is 12.1 Å². The zero-order valence-electron chi connectivity index (χ0n) is 11.6. The van der Waals surface area contributed by atoms with Crippen LogP contribution in [0.2, 0.25) is 0 Å². The first-order valence-corrected chi connectivity index (χ1v) is 7.25. The first-order valence-electron chi connectivity index (χ1n) is 6.84. The molecule has 1 aliphatic rings. The molecule has 0 bridgehead atoms. The number of aryl methyl sites for hydroxylation is 1. The van der Waals surface area contributed by atoms with Crippen LogP contribution in [0.5, 0.6) is 0 Å². The summed E-state index contributed by atoms with van der Waals surface area (Å²) in [4.78, 5) is 14.5. The first-order chi connectivity index (χ1) is 9.49. The predicted molar refractivity (Wildman–Crippen MR) is 81.2 cm³/mol. The predicted octanol–water partition coefficient (Wildman–Crippen LogP) is 2.81. The molecule has 1 amide bonds. The lowest BCUT2D eigenvalue weighted by Crippen LogP contribution is -2.43. The highest BCUT2D eigenvalue weighted by atomic mass is 32.1. The smallest absolute Gasteiger partial charge is 0.257 e. The molecule has 0 radical (unpaired) electrons. The number of hydrogen-bond donors (Lipinski definition) is 1. The molecule has 20 heavy (non-hydrogen) atoms. The highest BCUT2D eigenvalue weighted by Crippen LogP contribution is 2.25.